The molecule has 3 heterocycles. The van der Waals surface area contributed by atoms with Crippen molar-refractivity contribution in [3.8, 4) is 0 Å². The Morgan fingerprint density at radius 2 is 2.30 bits per heavy atom. The fourth-order valence-electron chi connectivity index (χ4n) is 2.33. The summed E-state index contributed by atoms with van der Waals surface area (Å²) in [5.41, 5.74) is 6.86. The number of ether oxygens (including phenoxy) is 1. The van der Waals surface area contributed by atoms with E-state index in [1.165, 1.54) is 13.4 Å². The van der Waals surface area contributed by atoms with Gasteiger partial charge in [-0.2, -0.15) is 0 Å². The Morgan fingerprint density at radius 3 is 3.00 bits per heavy atom. The monoisotopic (exact) mass is 357 g/mol. The molecule has 0 saturated heterocycles. The Kier molecular flexibility index (Phi) is 4.24. The number of anilines is 1. The second-order valence-corrected chi connectivity index (χ2v) is 7.67. The molecule has 2 aromatic rings. The van der Waals surface area contributed by atoms with Gasteiger partial charge in [0, 0.05) is 25.3 Å². The summed E-state index contributed by atoms with van der Waals surface area (Å²) in [4.78, 5) is 22.2. The SMILES string of the molecule is CCC1=C(OP(O)(=S)OC)C[C@H](n2cnc3c(N)ncnc32)O1. The maximum atomic E-state index is 9.86. The number of fused-ring (bicyclic) bond motifs is 1. The molecule has 1 aliphatic rings. The van der Waals surface area contributed by atoms with Gasteiger partial charge in [0.25, 0.3) is 0 Å². The third-order valence-electron chi connectivity index (χ3n) is 3.42. The number of hydrogen-bond donors (Lipinski definition) is 2. The smallest absolute Gasteiger partial charge is 0.377 e. The highest BCUT2D eigenvalue weighted by Gasteiger charge is 2.32. The number of rotatable bonds is 5. The summed E-state index contributed by atoms with van der Waals surface area (Å²) in [6, 6.07) is 0. The van der Waals surface area contributed by atoms with Gasteiger partial charge in [0.1, 0.15) is 29.7 Å². The van der Waals surface area contributed by atoms with Crippen LogP contribution in [0.5, 0.6) is 0 Å². The maximum absolute atomic E-state index is 9.86. The Hall–Kier alpha value is -1.74. The summed E-state index contributed by atoms with van der Waals surface area (Å²) in [6.45, 7) is -1.39. The van der Waals surface area contributed by atoms with E-state index < -0.39 is 12.9 Å². The summed E-state index contributed by atoms with van der Waals surface area (Å²) < 4.78 is 17.9. The molecule has 2 atom stereocenters. The van der Waals surface area contributed by atoms with Gasteiger partial charge in [-0.3, -0.25) is 4.57 Å². The van der Waals surface area contributed by atoms with Gasteiger partial charge in [0.15, 0.2) is 17.7 Å². The number of hydrogen-bond acceptors (Lipinski definition) is 8. The molecule has 124 valence electrons. The van der Waals surface area contributed by atoms with Crippen LogP contribution in [-0.2, 0) is 25.6 Å². The van der Waals surface area contributed by atoms with Gasteiger partial charge in [-0.05, 0) is 0 Å². The first-order chi connectivity index (χ1) is 10.9. The van der Waals surface area contributed by atoms with Gasteiger partial charge in [0.2, 0.25) is 0 Å². The van der Waals surface area contributed by atoms with Crippen LogP contribution in [-0.4, -0.2) is 31.5 Å². The van der Waals surface area contributed by atoms with Gasteiger partial charge < -0.3 is 24.4 Å². The molecular weight excluding hydrogens is 341 g/mol. The molecule has 0 aliphatic carbocycles. The zero-order valence-corrected chi connectivity index (χ0v) is 14.3. The zero-order valence-electron chi connectivity index (χ0n) is 12.5. The lowest BCUT2D eigenvalue weighted by Gasteiger charge is -2.15. The number of nitrogens with zero attached hydrogens (tertiary/aromatic N) is 4. The molecule has 0 amide bonds. The normalized spacial score (nSPS) is 20.6. The molecule has 0 fully saturated rings. The lowest BCUT2D eigenvalue weighted by molar-refractivity contribution is 0.0815. The van der Waals surface area contributed by atoms with Gasteiger partial charge in [-0.1, -0.05) is 6.92 Å². The first kappa shape index (κ1) is 16.1. The predicted molar refractivity (Wildman–Crippen MR) is 86.4 cm³/mol. The molecule has 0 bridgehead atoms. The van der Waals surface area contributed by atoms with E-state index in [0.717, 1.165) is 0 Å². The van der Waals surface area contributed by atoms with Crippen molar-refractivity contribution >= 4 is 35.5 Å². The standard InChI is InChI=1S/C12H16N5O4PS/c1-3-7-8(21-22(18,23)19-2)4-9(20-7)17-6-16-10-11(13)14-5-15-12(10)17/h5-6,9H,3-4H2,1-2H3,(H,18,23)(H2,13,14,15)/t9-,22?/m1/s1. The van der Waals surface area contributed by atoms with E-state index in [4.69, 9.17) is 31.3 Å². The van der Waals surface area contributed by atoms with Crippen LogP contribution in [0.15, 0.2) is 24.2 Å². The molecular formula is C12H16N5O4PS. The summed E-state index contributed by atoms with van der Waals surface area (Å²) in [6.07, 6.45) is 3.51. The molecule has 1 unspecified atom stereocenters. The van der Waals surface area contributed by atoms with E-state index in [-0.39, 0.29) is 0 Å². The van der Waals surface area contributed by atoms with Crippen molar-refractivity contribution in [1.82, 2.24) is 19.5 Å². The average molecular weight is 357 g/mol. The average Bonchev–Trinajstić information content (AvgIpc) is 3.11. The molecule has 0 saturated carbocycles. The van der Waals surface area contributed by atoms with Crippen molar-refractivity contribution < 1.29 is 18.7 Å². The third kappa shape index (κ3) is 3.02. The van der Waals surface area contributed by atoms with Crippen LogP contribution in [0.1, 0.15) is 26.0 Å². The van der Waals surface area contributed by atoms with Crippen LogP contribution in [0.4, 0.5) is 5.82 Å². The molecule has 2 aromatic heterocycles. The van der Waals surface area contributed by atoms with Crippen molar-refractivity contribution in [2.24, 2.45) is 0 Å². The Labute approximate surface area is 137 Å². The fourth-order valence-corrected chi connectivity index (χ4v) is 3.12. The van der Waals surface area contributed by atoms with E-state index in [2.05, 4.69) is 15.0 Å². The molecule has 9 nitrogen and oxygen atoms in total. The van der Waals surface area contributed by atoms with Crippen molar-refractivity contribution in [2.45, 2.75) is 26.0 Å². The first-order valence-electron chi connectivity index (χ1n) is 6.85. The molecule has 3 rings (SSSR count). The summed E-state index contributed by atoms with van der Waals surface area (Å²) in [5, 5.41) is 0. The second kappa shape index (κ2) is 6.04. The van der Waals surface area contributed by atoms with E-state index >= 15 is 0 Å². The topological polar surface area (TPSA) is 118 Å². The van der Waals surface area contributed by atoms with Crippen LogP contribution in [0.25, 0.3) is 11.2 Å². The first-order valence-corrected chi connectivity index (χ1v) is 9.44. The third-order valence-corrected chi connectivity index (χ3v) is 5.01. The lowest BCUT2D eigenvalue weighted by atomic mass is 10.3. The van der Waals surface area contributed by atoms with Crippen LogP contribution in [0.2, 0.25) is 0 Å². The van der Waals surface area contributed by atoms with Crippen LogP contribution < -0.4 is 5.73 Å². The van der Waals surface area contributed by atoms with E-state index in [9.17, 15) is 4.89 Å². The van der Waals surface area contributed by atoms with Crippen molar-refractivity contribution in [3.63, 3.8) is 0 Å². The van der Waals surface area contributed by atoms with E-state index in [0.29, 0.717) is 41.3 Å². The minimum atomic E-state index is -3.31. The van der Waals surface area contributed by atoms with Crippen molar-refractivity contribution in [3.05, 3.63) is 24.2 Å². The molecule has 23 heavy (non-hydrogen) atoms. The molecule has 0 spiro atoms. The second-order valence-electron chi connectivity index (χ2n) is 4.80. The molecule has 3 N–H and O–H groups in total. The summed E-state index contributed by atoms with van der Waals surface area (Å²) in [7, 11) is 1.31. The quantitative estimate of drug-likeness (QED) is 0.773. The molecule has 11 heteroatoms. The van der Waals surface area contributed by atoms with Gasteiger partial charge in [0.05, 0.1) is 6.42 Å². The molecule has 1 aliphatic heterocycles. The lowest BCUT2D eigenvalue weighted by Crippen LogP contribution is -2.08. The highest BCUT2D eigenvalue weighted by molar-refractivity contribution is 8.07. The fraction of sp³-hybridized carbons (Fsp3) is 0.417. The maximum Gasteiger partial charge on any atom is 0.377 e. The Balaban J connectivity index is 1.89. The van der Waals surface area contributed by atoms with E-state index in [1.54, 1.807) is 10.9 Å². The van der Waals surface area contributed by atoms with Gasteiger partial charge in [-0.15, -0.1) is 0 Å². The van der Waals surface area contributed by atoms with Crippen molar-refractivity contribution in [2.75, 3.05) is 12.8 Å². The van der Waals surface area contributed by atoms with Gasteiger partial charge in [-0.25, -0.2) is 15.0 Å². The Bertz CT molecular complexity index is 823. The van der Waals surface area contributed by atoms with E-state index in [1.807, 2.05) is 6.92 Å². The number of nitrogens with two attached hydrogens (primary N) is 1. The van der Waals surface area contributed by atoms with Crippen LogP contribution in [0, 0.1) is 0 Å². The summed E-state index contributed by atoms with van der Waals surface area (Å²) >= 11 is 4.89. The van der Waals surface area contributed by atoms with Gasteiger partial charge >= 0.3 is 6.72 Å². The molecule has 0 radical (unpaired) electrons. The summed E-state index contributed by atoms with van der Waals surface area (Å²) in [5.74, 6) is 1.39. The minimum Gasteiger partial charge on any atom is -0.470 e. The minimum absolute atomic E-state index is 0.303. The number of imidazole rings is 1. The number of aromatic nitrogens is 4. The number of allylic oxidation sites excluding steroid dienone is 1. The predicted octanol–water partition coefficient (Wildman–Crippen LogP) is 1.83. The Morgan fingerprint density at radius 1 is 1.52 bits per heavy atom. The van der Waals surface area contributed by atoms with Crippen molar-refractivity contribution in [1.29, 1.82) is 0 Å². The zero-order chi connectivity index (χ0) is 16.6. The van der Waals surface area contributed by atoms with Crippen LogP contribution >= 0.6 is 6.72 Å². The molecule has 0 aromatic carbocycles. The largest absolute Gasteiger partial charge is 0.470 e. The van der Waals surface area contributed by atoms with Crippen LogP contribution in [0.3, 0.4) is 0 Å². The highest BCUT2D eigenvalue weighted by Crippen LogP contribution is 2.49. The highest BCUT2D eigenvalue weighted by atomic mass is 32.5. The number of nitrogen functional groups attached to an aromatic ring is 1.